The summed E-state index contributed by atoms with van der Waals surface area (Å²) in [5.41, 5.74) is 1.10. The summed E-state index contributed by atoms with van der Waals surface area (Å²) in [6.07, 6.45) is -3.41. The molecule has 0 unspecified atom stereocenters. The number of para-hydroxylation sites is 1. The fraction of sp³-hybridized carbons (Fsp3) is 0.0938. The number of fused-ring (bicyclic) bond motifs is 1. The predicted molar refractivity (Wildman–Crippen MR) is 144 cm³/mol. The lowest BCUT2D eigenvalue weighted by molar-refractivity contribution is -0.136. The minimum absolute atomic E-state index is 0.177. The maximum atomic E-state index is 13.8. The fourth-order valence-electron chi connectivity index (χ4n) is 4.41. The second-order valence-electron chi connectivity index (χ2n) is 9.00. The lowest BCUT2D eigenvalue weighted by Gasteiger charge is -2.16. The lowest BCUT2D eigenvalue weighted by Crippen LogP contribution is -2.09. The number of benzene rings is 4. The third-order valence-corrected chi connectivity index (χ3v) is 6.20. The molecule has 0 fully saturated rings. The summed E-state index contributed by atoms with van der Waals surface area (Å²) in [4.78, 5) is 28.8. The summed E-state index contributed by atoms with van der Waals surface area (Å²) in [5.74, 6) is 0.0896. The summed E-state index contributed by atoms with van der Waals surface area (Å²) in [6.45, 7) is 1.51. The van der Waals surface area contributed by atoms with E-state index in [1.165, 1.54) is 25.3 Å². The molecule has 1 heterocycles. The molecule has 5 nitrogen and oxygen atoms in total. The Bertz CT molecular complexity index is 1700. The van der Waals surface area contributed by atoms with Crippen molar-refractivity contribution in [3.05, 3.63) is 126 Å². The van der Waals surface area contributed by atoms with E-state index in [2.05, 4.69) is 4.98 Å². The molecule has 0 atom stereocenters. The smallest absolute Gasteiger partial charge is 0.418 e. The highest BCUT2D eigenvalue weighted by molar-refractivity contribution is 6.16. The molecule has 0 aliphatic carbocycles. The standard InChI is InChI=1S/C32H22F3NO4/c1-20(37)40-24-15-13-21(14-16-24)19-39-25-10-5-9-23(17-25)29-26-11-6-12-28(32(33,34)35)30(26)36-18-27(29)31(38)22-7-3-2-4-8-22/h2-18H,19H2,1H3. The van der Waals surface area contributed by atoms with Crippen LogP contribution in [0.2, 0.25) is 0 Å². The third-order valence-electron chi connectivity index (χ3n) is 6.20. The highest BCUT2D eigenvalue weighted by Crippen LogP contribution is 2.39. The van der Waals surface area contributed by atoms with Crippen molar-refractivity contribution in [2.24, 2.45) is 0 Å². The molecule has 200 valence electrons. The van der Waals surface area contributed by atoms with Gasteiger partial charge in [-0.05, 0) is 41.5 Å². The Morgan fingerprint density at radius 1 is 0.825 bits per heavy atom. The molecule has 0 radical (unpaired) electrons. The minimum Gasteiger partial charge on any atom is -0.489 e. The quantitative estimate of drug-likeness (QED) is 0.120. The Morgan fingerprint density at radius 3 is 2.25 bits per heavy atom. The van der Waals surface area contributed by atoms with Gasteiger partial charge in [-0.25, -0.2) is 0 Å². The normalized spacial score (nSPS) is 11.3. The summed E-state index contributed by atoms with van der Waals surface area (Å²) < 4.78 is 52.5. The van der Waals surface area contributed by atoms with Crippen LogP contribution in [-0.2, 0) is 17.6 Å². The lowest BCUT2D eigenvalue weighted by atomic mass is 9.91. The van der Waals surface area contributed by atoms with Gasteiger partial charge in [-0.2, -0.15) is 13.2 Å². The Labute approximate surface area is 227 Å². The van der Waals surface area contributed by atoms with Gasteiger partial charge >= 0.3 is 12.1 Å². The monoisotopic (exact) mass is 541 g/mol. The van der Waals surface area contributed by atoms with Crippen LogP contribution in [-0.4, -0.2) is 16.7 Å². The van der Waals surface area contributed by atoms with Gasteiger partial charge in [0.05, 0.1) is 11.1 Å². The maximum Gasteiger partial charge on any atom is 0.418 e. The fourth-order valence-corrected chi connectivity index (χ4v) is 4.41. The summed E-state index contributed by atoms with van der Waals surface area (Å²) in [7, 11) is 0. The van der Waals surface area contributed by atoms with E-state index in [0.29, 0.717) is 28.2 Å². The van der Waals surface area contributed by atoms with Gasteiger partial charge in [0.1, 0.15) is 18.1 Å². The number of hydrogen-bond donors (Lipinski definition) is 0. The summed E-state index contributed by atoms with van der Waals surface area (Å²) >= 11 is 0. The number of carbonyl (C=O) groups is 2. The second-order valence-corrected chi connectivity index (χ2v) is 9.00. The molecular formula is C32H22F3NO4. The Kier molecular flexibility index (Phi) is 7.33. The van der Waals surface area contributed by atoms with Crippen LogP contribution in [0.25, 0.3) is 22.0 Å². The number of alkyl halides is 3. The van der Waals surface area contributed by atoms with E-state index in [4.69, 9.17) is 9.47 Å². The topological polar surface area (TPSA) is 65.5 Å². The largest absolute Gasteiger partial charge is 0.489 e. The molecule has 0 aliphatic heterocycles. The Morgan fingerprint density at radius 2 is 1.55 bits per heavy atom. The van der Waals surface area contributed by atoms with Crippen LogP contribution in [0.3, 0.4) is 0 Å². The summed E-state index contributed by atoms with van der Waals surface area (Å²) in [5, 5.41) is 0.204. The number of hydrogen-bond acceptors (Lipinski definition) is 5. The van der Waals surface area contributed by atoms with Crippen molar-refractivity contribution >= 4 is 22.7 Å². The molecule has 1 aromatic heterocycles. The van der Waals surface area contributed by atoms with Crippen LogP contribution in [0.4, 0.5) is 13.2 Å². The number of rotatable bonds is 7. The third kappa shape index (κ3) is 5.71. The first kappa shape index (κ1) is 26.6. The first-order chi connectivity index (χ1) is 19.2. The average molecular weight is 542 g/mol. The zero-order valence-electron chi connectivity index (χ0n) is 21.2. The van der Waals surface area contributed by atoms with Crippen molar-refractivity contribution < 1.29 is 32.2 Å². The van der Waals surface area contributed by atoms with Crippen LogP contribution in [0.5, 0.6) is 11.5 Å². The van der Waals surface area contributed by atoms with Crippen LogP contribution in [0, 0.1) is 0 Å². The molecule has 8 heteroatoms. The van der Waals surface area contributed by atoms with Crippen molar-refractivity contribution in [1.82, 2.24) is 4.98 Å². The molecule has 5 aromatic rings. The van der Waals surface area contributed by atoms with E-state index in [1.54, 1.807) is 78.9 Å². The highest BCUT2D eigenvalue weighted by atomic mass is 19.4. The maximum absolute atomic E-state index is 13.8. The first-order valence-electron chi connectivity index (χ1n) is 12.3. The number of ether oxygens (including phenoxy) is 2. The molecule has 0 spiro atoms. The number of carbonyl (C=O) groups excluding carboxylic acids is 2. The highest BCUT2D eigenvalue weighted by Gasteiger charge is 2.34. The molecule has 4 aromatic carbocycles. The number of esters is 1. The number of halogens is 3. The zero-order valence-corrected chi connectivity index (χ0v) is 21.2. The van der Waals surface area contributed by atoms with E-state index in [0.717, 1.165) is 11.6 Å². The number of ketones is 1. The van der Waals surface area contributed by atoms with Gasteiger partial charge in [0.25, 0.3) is 0 Å². The van der Waals surface area contributed by atoms with Gasteiger partial charge in [-0.1, -0.05) is 66.7 Å². The number of pyridine rings is 1. The minimum atomic E-state index is -4.62. The zero-order chi connectivity index (χ0) is 28.3. The van der Waals surface area contributed by atoms with Gasteiger partial charge in [-0.3, -0.25) is 14.6 Å². The van der Waals surface area contributed by atoms with Crippen molar-refractivity contribution in [2.45, 2.75) is 19.7 Å². The van der Waals surface area contributed by atoms with Crippen molar-refractivity contribution in [1.29, 1.82) is 0 Å². The molecule has 0 bridgehead atoms. The number of nitrogens with zero attached hydrogens (tertiary/aromatic N) is 1. The van der Waals surface area contributed by atoms with E-state index in [-0.39, 0.29) is 28.9 Å². The van der Waals surface area contributed by atoms with Crippen molar-refractivity contribution in [2.75, 3.05) is 0 Å². The van der Waals surface area contributed by atoms with Gasteiger partial charge in [0, 0.05) is 35.2 Å². The molecule has 0 saturated heterocycles. The Balaban J connectivity index is 1.56. The van der Waals surface area contributed by atoms with E-state index < -0.39 is 17.7 Å². The second kappa shape index (κ2) is 11.0. The molecule has 0 saturated carbocycles. The Hall–Kier alpha value is -4.98. The van der Waals surface area contributed by atoms with E-state index in [1.807, 2.05) is 0 Å². The molecule has 40 heavy (non-hydrogen) atoms. The number of aromatic nitrogens is 1. The van der Waals surface area contributed by atoms with Gasteiger partial charge in [0.15, 0.2) is 5.78 Å². The molecule has 0 aliphatic rings. The van der Waals surface area contributed by atoms with Crippen LogP contribution < -0.4 is 9.47 Å². The average Bonchev–Trinajstić information content (AvgIpc) is 2.95. The molecular weight excluding hydrogens is 519 g/mol. The van der Waals surface area contributed by atoms with Crippen molar-refractivity contribution in [3.63, 3.8) is 0 Å². The molecule has 5 rings (SSSR count). The van der Waals surface area contributed by atoms with Crippen LogP contribution in [0.15, 0.2) is 103 Å². The SMILES string of the molecule is CC(=O)Oc1ccc(COc2cccc(-c3c(C(=O)c4ccccc4)cnc4c(C(F)(F)F)cccc34)c2)cc1. The van der Waals surface area contributed by atoms with Gasteiger partial charge in [-0.15, -0.1) is 0 Å². The van der Waals surface area contributed by atoms with E-state index >= 15 is 0 Å². The first-order valence-corrected chi connectivity index (χ1v) is 12.3. The van der Waals surface area contributed by atoms with Crippen molar-refractivity contribution in [3.8, 4) is 22.6 Å². The molecule has 0 N–H and O–H groups in total. The van der Waals surface area contributed by atoms with E-state index in [9.17, 15) is 22.8 Å². The van der Waals surface area contributed by atoms with Crippen LogP contribution >= 0.6 is 0 Å². The van der Waals surface area contributed by atoms with Crippen LogP contribution in [0.1, 0.15) is 34.0 Å². The van der Waals surface area contributed by atoms with Gasteiger partial charge in [0.2, 0.25) is 0 Å². The predicted octanol–water partition coefficient (Wildman–Crippen LogP) is 7.66. The van der Waals surface area contributed by atoms with Gasteiger partial charge < -0.3 is 9.47 Å². The summed E-state index contributed by atoms with van der Waals surface area (Å²) in [6, 6.07) is 26.0. The molecule has 0 amide bonds.